The van der Waals surface area contributed by atoms with Gasteiger partial charge < -0.3 is 19.9 Å². The van der Waals surface area contributed by atoms with Crippen LogP contribution in [0.1, 0.15) is 20.8 Å². The first kappa shape index (κ1) is 15.3. The Labute approximate surface area is 114 Å². The van der Waals surface area contributed by atoms with E-state index in [4.69, 9.17) is 0 Å². The first-order chi connectivity index (χ1) is 8.95. The first-order valence-electron chi connectivity index (χ1n) is 6.50. The molecule has 1 aliphatic heterocycles. The summed E-state index contributed by atoms with van der Waals surface area (Å²) in [6.45, 7) is 8.20. The van der Waals surface area contributed by atoms with Crippen molar-refractivity contribution in [1.29, 1.82) is 0 Å². The number of rotatable bonds is 2. The molecule has 108 valence electrons. The molecule has 1 fully saturated rings. The quantitative estimate of drug-likeness (QED) is 0.829. The zero-order valence-electron chi connectivity index (χ0n) is 12.1. The topological polar surface area (TPSA) is 61.9 Å². The summed E-state index contributed by atoms with van der Waals surface area (Å²) in [7, 11) is 1.36. The Morgan fingerprint density at radius 1 is 1.16 bits per heavy atom. The maximum Gasteiger partial charge on any atom is 0.409 e. The largest absolute Gasteiger partial charge is 0.453 e. The molecule has 1 aliphatic rings. The zero-order valence-corrected chi connectivity index (χ0v) is 12.1. The molecule has 6 heteroatoms. The van der Waals surface area contributed by atoms with Crippen molar-refractivity contribution in [3.63, 3.8) is 0 Å². The van der Waals surface area contributed by atoms with E-state index < -0.39 is 0 Å². The number of allylic oxidation sites excluding steroid dienone is 1. The fraction of sp³-hybridized carbons (Fsp3) is 0.692. The van der Waals surface area contributed by atoms with Crippen LogP contribution in [0.15, 0.2) is 11.8 Å². The number of hydrogen-bond acceptors (Lipinski definition) is 3. The predicted octanol–water partition coefficient (Wildman–Crippen LogP) is 1.64. The van der Waals surface area contributed by atoms with Crippen LogP contribution >= 0.6 is 0 Å². The molecule has 3 amide bonds. The average Bonchev–Trinajstić information content (AvgIpc) is 2.43. The molecule has 0 aromatic carbocycles. The van der Waals surface area contributed by atoms with Crippen molar-refractivity contribution >= 4 is 12.1 Å². The highest BCUT2D eigenvalue weighted by atomic mass is 16.5. The van der Waals surface area contributed by atoms with E-state index >= 15 is 0 Å². The fourth-order valence-corrected chi connectivity index (χ4v) is 1.65. The van der Waals surface area contributed by atoms with Gasteiger partial charge in [0.25, 0.3) is 0 Å². The molecule has 0 atom stereocenters. The van der Waals surface area contributed by atoms with Crippen LogP contribution in [0.3, 0.4) is 0 Å². The number of nitrogens with zero attached hydrogens (tertiary/aromatic N) is 2. The monoisotopic (exact) mass is 269 g/mol. The third-order valence-electron chi connectivity index (χ3n) is 3.33. The number of amides is 3. The standard InChI is InChI=1S/C13H23N3O3/c1-10(2)11(3)9-14-12(17)15-5-7-16(8-6-15)13(18)19-4/h9-10H,5-8H2,1-4H3,(H,14,17)/b11-9+. The van der Waals surface area contributed by atoms with Gasteiger partial charge in [-0.05, 0) is 12.8 Å². The molecule has 1 saturated heterocycles. The van der Waals surface area contributed by atoms with Gasteiger partial charge in [-0.2, -0.15) is 0 Å². The Kier molecular flexibility index (Phi) is 5.66. The van der Waals surface area contributed by atoms with Crippen LogP contribution in [0.2, 0.25) is 0 Å². The average molecular weight is 269 g/mol. The third kappa shape index (κ3) is 4.46. The fourth-order valence-electron chi connectivity index (χ4n) is 1.65. The number of hydrogen-bond donors (Lipinski definition) is 1. The molecule has 0 unspecified atom stereocenters. The van der Waals surface area contributed by atoms with Crippen molar-refractivity contribution in [2.45, 2.75) is 20.8 Å². The van der Waals surface area contributed by atoms with Gasteiger partial charge >= 0.3 is 12.1 Å². The summed E-state index contributed by atoms with van der Waals surface area (Å²) in [6, 6.07) is -0.121. The predicted molar refractivity (Wildman–Crippen MR) is 72.7 cm³/mol. The Balaban J connectivity index is 2.41. The minimum atomic E-state index is -0.337. The Morgan fingerprint density at radius 3 is 2.16 bits per heavy atom. The highest BCUT2D eigenvalue weighted by molar-refractivity contribution is 5.76. The van der Waals surface area contributed by atoms with Crippen molar-refractivity contribution in [2.75, 3.05) is 33.3 Å². The molecule has 6 nitrogen and oxygen atoms in total. The second-order valence-corrected chi connectivity index (χ2v) is 4.94. The van der Waals surface area contributed by atoms with E-state index in [0.717, 1.165) is 5.57 Å². The number of piperazine rings is 1. The van der Waals surface area contributed by atoms with Crippen molar-refractivity contribution < 1.29 is 14.3 Å². The van der Waals surface area contributed by atoms with Crippen LogP contribution in [0, 0.1) is 5.92 Å². The van der Waals surface area contributed by atoms with Crippen LogP contribution in [0.4, 0.5) is 9.59 Å². The molecule has 0 saturated carbocycles. The number of urea groups is 1. The van der Waals surface area contributed by atoms with Crippen LogP contribution in [-0.4, -0.2) is 55.2 Å². The van der Waals surface area contributed by atoms with E-state index in [-0.39, 0.29) is 12.1 Å². The first-order valence-corrected chi connectivity index (χ1v) is 6.50. The molecule has 0 aromatic heterocycles. The lowest BCUT2D eigenvalue weighted by molar-refractivity contribution is 0.0976. The van der Waals surface area contributed by atoms with E-state index in [1.54, 1.807) is 16.0 Å². The molecule has 0 spiro atoms. The molecule has 19 heavy (non-hydrogen) atoms. The summed E-state index contributed by atoms with van der Waals surface area (Å²) in [5.41, 5.74) is 1.13. The molecule has 1 N–H and O–H groups in total. The van der Waals surface area contributed by atoms with Crippen molar-refractivity contribution in [3.8, 4) is 0 Å². The van der Waals surface area contributed by atoms with E-state index in [2.05, 4.69) is 23.9 Å². The van der Waals surface area contributed by atoms with Gasteiger partial charge in [0, 0.05) is 32.4 Å². The second kappa shape index (κ2) is 7.01. The van der Waals surface area contributed by atoms with E-state index in [9.17, 15) is 9.59 Å². The van der Waals surface area contributed by atoms with Crippen LogP contribution in [0.5, 0.6) is 0 Å². The van der Waals surface area contributed by atoms with E-state index in [1.165, 1.54) is 7.11 Å². The smallest absolute Gasteiger partial charge is 0.409 e. The SMILES string of the molecule is COC(=O)N1CCN(C(=O)N/C=C(\C)C(C)C)CC1. The Morgan fingerprint density at radius 2 is 1.68 bits per heavy atom. The number of carbonyl (C=O) groups is 2. The van der Waals surface area contributed by atoms with E-state index in [1.807, 2.05) is 6.92 Å². The number of carbonyl (C=O) groups excluding carboxylic acids is 2. The highest BCUT2D eigenvalue weighted by Crippen LogP contribution is 2.07. The molecule has 1 rings (SSSR count). The minimum Gasteiger partial charge on any atom is -0.453 e. The summed E-state index contributed by atoms with van der Waals surface area (Å²) in [6.07, 6.45) is 1.41. The van der Waals surface area contributed by atoms with Gasteiger partial charge in [0.1, 0.15) is 0 Å². The summed E-state index contributed by atoms with van der Waals surface area (Å²) in [5, 5.41) is 2.78. The molecule has 0 radical (unpaired) electrons. The normalized spacial score (nSPS) is 16.6. The summed E-state index contributed by atoms with van der Waals surface area (Å²) in [4.78, 5) is 26.5. The number of nitrogens with one attached hydrogen (secondary N) is 1. The van der Waals surface area contributed by atoms with Gasteiger partial charge in [-0.1, -0.05) is 19.4 Å². The van der Waals surface area contributed by atoms with Gasteiger partial charge in [-0.25, -0.2) is 9.59 Å². The summed E-state index contributed by atoms with van der Waals surface area (Å²) in [5.74, 6) is 0.413. The maximum absolute atomic E-state index is 11.9. The number of methoxy groups -OCH3 is 1. The minimum absolute atomic E-state index is 0.121. The Bertz CT molecular complexity index is 358. The van der Waals surface area contributed by atoms with Gasteiger partial charge in [-0.3, -0.25) is 0 Å². The lowest BCUT2D eigenvalue weighted by Gasteiger charge is -2.33. The highest BCUT2D eigenvalue weighted by Gasteiger charge is 2.23. The third-order valence-corrected chi connectivity index (χ3v) is 3.33. The van der Waals surface area contributed by atoms with Gasteiger partial charge in [0.05, 0.1) is 7.11 Å². The molecule has 0 bridgehead atoms. The summed E-state index contributed by atoms with van der Waals surface area (Å²) < 4.78 is 4.65. The Hall–Kier alpha value is -1.72. The second-order valence-electron chi connectivity index (χ2n) is 4.94. The maximum atomic E-state index is 11.9. The summed E-state index contributed by atoms with van der Waals surface area (Å²) >= 11 is 0. The molecule has 0 aliphatic carbocycles. The van der Waals surface area contributed by atoms with Crippen molar-refractivity contribution in [2.24, 2.45) is 5.92 Å². The lowest BCUT2D eigenvalue weighted by Crippen LogP contribution is -2.52. The van der Waals surface area contributed by atoms with Crippen LogP contribution in [0.25, 0.3) is 0 Å². The van der Waals surface area contributed by atoms with E-state index in [0.29, 0.717) is 32.1 Å². The lowest BCUT2D eigenvalue weighted by atomic mass is 10.1. The van der Waals surface area contributed by atoms with Crippen molar-refractivity contribution in [3.05, 3.63) is 11.8 Å². The molecular formula is C13H23N3O3. The zero-order chi connectivity index (χ0) is 14.4. The van der Waals surface area contributed by atoms with Gasteiger partial charge in [0.2, 0.25) is 0 Å². The van der Waals surface area contributed by atoms with Gasteiger partial charge in [0.15, 0.2) is 0 Å². The van der Waals surface area contributed by atoms with Gasteiger partial charge in [-0.15, -0.1) is 0 Å². The molecule has 1 heterocycles. The molecular weight excluding hydrogens is 246 g/mol. The number of ether oxygens (including phenoxy) is 1. The van der Waals surface area contributed by atoms with Crippen molar-refractivity contribution in [1.82, 2.24) is 15.1 Å². The van der Waals surface area contributed by atoms with Crippen LogP contribution in [-0.2, 0) is 4.74 Å². The molecule has 0 aromatic rings. The van der Waals surface area contributed by atoms with Crippen LogP contribution < -0.4 is 5.32 Å².